The Hall–Kier alpha value is -2.10. The molecular formula is C14H16O4. The molecule has 1 aromatic carbocycles. The van der Waals surface area contributed by atoms with Crippen molar-refractivity contribution < 1.29 is 19.4 Å². The van der Waals surface area contributed by atoms with Crippen molar-refractivity contribution in [2.75, 3.05) is 6.61 Å². The number of carboxylic acid groups (broad SMARTS) is 1. The normalized spacial score (nSPS) is 11.2. The highest BCUT2D eigenvalue weighted by atomic mass is 16.5. The number of carboxylic acids is 1. The van der Waals surface area contributed by atoms with E-state index in [0.29, 0.717) is 5.56 Å². The van der Waals surface area contributed by atoms with Gasteiger partial charge >= 0.3 is 11.9 Å². The first-order valence-corrected chi connectivity index (χ1v) is 5.65. The van der Waals surface area contributed by atoms with E-state index in [1.54, 1.807) is 13.0 Å². The van der Waals surface area contributed by atoms with E-state index in [9.17, 15) is 9.59 Å². The molecule has 0 aromatic heterocycles. The lowest BCUT2D eigenvalue weighted by molar-refractivity contribution is -0.143. The summed E-state index contributed by atoms with van der Waals surface area (Å²) >= 11 is 0. The third kappa shape index (κ3) is 3.45. The Kier molecular flexibility index (Phi) is 4.66. The molecule has 0 unspecified atom stereocenters. The highest BCUT2D eigenvalue weighted by Gasteiger charge is 2.18. The van der Waals surface area contributed by atoms with Crippen molar-refractivity contribution in [1.29, 1.82) is 0 Å². The zero-order valence-corrected chi connectivity index (χ0v) is 10.7. The fourth-order valence-electron chi connectivity index (χ4n) is 1.56. The molecule has 0 bridgehead atoms. The van der Waals surface area contributed by atoms with Gasteiger partial charge in [0, 0.05) is 0 Å². The van der Waals surface area contributed by atoms with Crippen molar-refractivity contribution in [2.24, 2.45) is 0 Å². The summed E-state index contributed by atoms with van der Waals surface area (Å²) in [6.45, 7) is 5.60. The Morgan fingerprint density at radius 3 is 2.50 bits per heavy atom. The highest BCUT2D eigenvalue weighted by Crippen LogP contribution is 2.15. The zero-order chi connectivity index (χ0) is 13.7. The van der Waals surface area contributed by atoms with Crippen LogP contribution in [0.4, 0.5) is 0 Å². The maximum absolute atomic E-state index is 11.5. The van der Waals surface area contributed by atoms with Crippen molar-refractivity contribution in [3.8, 4) is 0 Å². The Balaban J connectivity index is 3.16. The van der Waals surface area contributed by atoms with E-state index in [1.807, 2.05) is 26.0 Å². The minimum absolute atomic E-state index is 0.149. The molecule has 0 aliphatic carbocycles. The molecule has 0 amide bonds. The van der Waals surface area contributed by atoms with Crippen LogP contribution in [-0.2, 0) is 14.3 Å². The Labute approximate surface area is 106 Å². The minimum atomic E-state index is -1.28. The lowest BCUT2D eigenvalue weighted by Gasteiger charge is -2.05. The van der Waals surface area contributed by atoms with E-state index in [4.69, 9.17) is 9.84 Å². The molecule has 96 valence electrons. The van der Waals surface area contributed by atoms with Crippen LogP contribution in [0.15, 0.2) is 23.8 Å². The molecule has 1 aromatic rings. The van der Waals surface area contributed by atoms with Crippen molar-refractivity contribution >= 4 is 18.0 Å². The summed E-state index contributed by atoms with van der Waals surface area (Å²) < 4.78 is 4.71. The van der Waals surface area contributed by atoms with E-state index in [2.05, 4.69) is 0 Å². The van der Waals surface area contributed by atoms with E-state index >= 15 is 0 Å². The van der Waals surface area contributed by atoms with Gasteiger partial charge in [-0.1, -0.05) is 23.8 Å². The number of hydrogen-bond donors (Lipinski definition) is 1. The van der Waals surface area contributed by atoms with Gasteiger partial charge in [0.1, 0.15) is 5.57 Å². The average Bonchev–Trinajstić information content (AvgIpc) is 2.27. The molecule has 0 atom stereocenters. The molecule has 4 heteroatoms. The van der Waals surface area contributed by atoms with Crippen LogP contribution in [0.25, 0.3) is 6.08 Å². The summed E-state index contributed by atoms with van der Waals surface area (Å²) in [4.78, 5) is 22.5. The van der Waals surface area contributed by atoms with Gasteiger partial charge in [-0.25, -0.2) is 9.59 Å². The molecular weight excluding hydrogens is 232 g/mol. The predicted octanol–water partition coefficient (Wildman–Crippen LogP) is 2.33. The second-order valence-corrected chi connectivity index (χ2v) is 3.94. The number of aryl methyl sites for hydroxylation is 2. The molecule has 0 fully saturated rings. The van der Waals surface area contributed by atoms with Gasteiger partial charge in [-0.15, -0.1) is 0 Å². The standard InChI is InChI=1S/C14H16O4/c1-4-18-14(17)12(13(15)16)8-11-6-5-9(2)7-10(11)3/h5-8H,4H2,1-3H3,(H,15,16). The Morgan fingerprint density at radius 2 is 2.00 bits per heavy atom. The second-order valence-electron chi connectivity index (χ2n) is 3.94. The molecule has 0 spiro atoms. The van der Waals surface area contributed by atoms with Gasteiger partial charge in [-0.2, -0.15) is 0 Å². The predicted molar refractivity (Wildman–Crippen MR) is 68.2 cm³/mol. The first kappa shape index (κ1) is 14.0. The number of hydrogen-bond acceptors (Lipinski definition) is 3. The van der Waals surface area contributed by atoms with E-state index < -0.39 is 11.9 Å². The van der Waals surface area contributed by atoms with Crippen LogP contribution < -0.4 is 0 Å². The van der Waals surface area contributed by atoms with E-state index in [1.165, 1.54) is 6.08 Å². The third-order valence-electron chi connectivity index (χ3n) is 2.45. The molecule has 0 radical (unpaired) electrons. The Bertz CT molecular complexity index is 501. The summed E-state index contributed by atoms with van der Waals surface area (Å²) in [5, 5.41) is 9.01. The average molecular weight is 248 g/mol. The molecule has 1 N–H and O–H groups in total. The van der Waals surface area contributed by atoms with Crippen LogP contribution in [0.5, 0.6) is 0 Å². The first-order valence-electron chi connectivity index (χ1n) is 5.65. The fraction of sp³-hybridized carbons (Fsp3) is 0.286. The second kappa shape index (κ2) is 6.00. The van der Waals surface area contributed by atoms with Crippen molar-refractivity contribution in [3.05, 3.63) is 40.5 Å². The van der Waals surface area contributed by atoms with Crippen molar-refractivity contribution in [2.45, 2.75) is 20.8 Å². The monoisotopic (exact) mass is 248 g/mol. The van der Waals surface area contributed by atoms with Crippen LogP contribution in [-0.4, -0.2) is 23.7 Å². The molecule has 4 nitrogen and oxygen atoms in total. The number of carbonyl (C=O) groups excluding carboxylic acids is 1. The van der Waals surface area contributed by atoms with E-state index in [-0.39, 0.29) is 12.2 Å². The smallest absolute Gasteiger partial charge is 0.345 e. The van der Waals surface area contributed by atoms with Gasteiger partial charge in [0.05, 0.1) is 6.61 Å². The lowest BCUT2D eigenvalue weighted by Crippen LogP contribution is -2.15. The van der Waals surface area contributed by atoms with Crippen LogP contribution >= 0.6 is 0 Å². The maximum Gasteiger partial charge on any atom is 0.345 e. The number of carbonyl (C=O) groups is 2. The molecule has 18 heavy (non-hydrogen) atoms. The maximum atomic E-state index is 11.5. The van der Waals surface area contributed by atoms with Gasteiger partial charge in [-0.3, -0.25) is 0 Å². The summed E-state index contributed by atoms with van der Waals surface area (Å²) in [5.41, 5.74) is 2.34. The van der Waals surface area contributed by atoms with Crippen LogP contribution in [0.3, 0.4) is 0 Å². The molecule has 0 aliphatic rings. The number of ether oxygens (including phenoxy) is 1. The molecule has 0 saturated heterocycles. The van der Waals surface area contributed by atoms with Crippen LogP contribution in [0.2, 0.25) is 0 Å². The van der Waals surface area contributed by atoms with Crippen LogP contribution in [0.1, 0.15) is 23.6 Å². The van der Waals surface area contributed by atoms with Crippen molar-refractivity contribution in [1.82, 2.24) is 0 Å². The van der Waals surface area contributed by atoms with Gasteiger partial charge in [0.15, 0.2) is 0 Å². The fourth-order valence-corrected chi connectivity index (χ4v) is 1.56. The summed E-state index contributed by atoms with van der Waals surface area (Å²) in [6.07, 6.45) is 1.34. The first-order chi connectivity index (χ1) is 8.45. The summed E-state index contributed by atoms with van der Waals surface area (Å²) in [5.74, 6) is -2.10. The van der Waals surface area contributed by atoms with Crippen molar-refractivity contribution in [3.63, 3.8) is 0 Å². The topological polar surface area (TPSA) is 63.6 Å². The van der Waals surface area contributed by atoms with Gasteiger partial charge in [-0.05, 0) is 38.0 Å². The van der Waals surface area contributed by atoms with E-state index in [0.717, 1.165) is 11.1 Å². The number of rotatable bonds is 4. The number of esters is 1. The van der Waals surface area contributed by atoms with Crippen LogP contribution in [0, 0.1) is 13.8 Å². The zero-order valence-electron chi connectivity index (χ0n) is 10.7. The Morgan fingerprint density at radius 1 is 1.33 bits per heavy atom. The SMILES string of the molecule is CCOC(=O)C(=Cc1ccc(C)cc1C)C(=O)O. The summed E-state index contributed by atoms with van der Waals surface area (Å²) in [7, 11) is 0. The quantitative estimate of drug-likeness (QED) is 0.384. The molecule has 0 saturated carbocycles. The van der Waals surface area contributed by atoms with Gasteiger partial charge < -0.3 is 9.84 Å². The minimum Gasteiger partial charge on any atom is -0.477 e. The molecule has 1 rings (SSSR count). The number of benzene rings is 1. The summed E-state index contributed by atoms with van der Waals surface area (Å²) in [6, 6.07) is 5.58. The third-order valence-corrected chi connectivity index (χ3v) is 2.45. The van der Waals surface area contributed by atoms with Gasteiger partial charge in [0.2, 0.25) is 0 Å². The molecule has 0 heterocycles. The number of aliphatic carboxylic acids is 1. The van der Waals surface area contributed by atoms with Gasteiger partial charge in [0.25, 0.3) is 0 Å². The highest BCUT2D eigenvalue weighted by molar-refractivity contribution is 6.17. The molecule has 0 aliphatic heterocycles. The largest absolute Gasteiger partial charge is 0.477 e. The lowest BCUT2D eigenvalue weighted by atomic mass is 10.0.